The molecule has 2 fully saturated rings. The Labute approximate surface area is 153 Å². The first-order chi connectivity index (χ1) is 12.2. The number of aromatic nitrogens is 2. The fourth-order valence-corrected chi connectivity index (χ4v) is 3.76. The fourth-order valence-electron chi connectivity index (χ4n) is 3.58. The molecule has 2 aliphatic rings. The van der Waals surface area contributed by atoms with Crippen molar-refractivity contribution >= 4 is 17.4 Å². The lowest BCUT2D eigenvalue weighted by Crippen LogP contribution is -2.39. The van der Waals surface area contributed by atoms with Gasteiger partial charge in [0.15, 0.2) is 0 Å². The van der Waals surface area contributed by atoms with Gasteiger partial charge in [-0.3, -0.25) is 0 Å². The Morgan fingerprint density at radius 2 is 1.88 bits per heavy atom. The molecule has 6 heteroatoms. The average Bonchev–Trinajstić information content (AvgIpc) is 2.62. The third-order valence-corrected chi connectivity index (χ3v) is 5.48. The van der Waals surface area contributed by atoms with Crippen molar-refractivity contribution in [2.24, 2.45) is 5.73 Å². The van der Waals surface area contributed by atoms with Crippen molar-refractivity contribution < 1.29 is 4.74 Å². The second-order valence-corrected chi connectivity index (χ2v) is 7.37. The number of benzene rings is 1. The standard InChI is InChI=1S/C19H23ClN4O/c20-16-3-1-2-4-18(16)25-15-5-7-24(8-6-15)19-11-17(22-12-23-19)13-9-14(21)10-13/h1-4,11-15H,5-10,21H2. The number of ether oxygens (including phenoxy) is 1. The number of anilines is 1. The van der Waals surface area contributed by atoms with Crippen molar-refractivity contribution in [1.29, 1.82) is 0 Å². The molecule has 4 rings (SSSR count). The summed E-state index contributed by atoms with van der Waals surface area (Å²) in [7, 11) is 0. The van der Waals surface area contributed by atoms with E-state index in [9.17, 15) is 0 Å². The number of hydrogen-bond acceptors (Lipinski definition) is 5. The van der Waals surface area contributed by atoms with E-state index in [2.05, 4.69) is 20.9 Å². The highest BCUT2D eigenvalue weighted by atomic mass is 35.5. The number of para-hydroxylation sites is 1. The molecule has 0 radical (unpaired) electrons. The first kappa shape index (κ1) is 16.6. The third kappa shape index (κ3) is 3.72. The average molecular weight is 359 g/mol. The predicted molar refractivity (Wildman–Crippen MR) is 99.3 cm³/mol. The Bertz CT molecular complexity index is 727. The summed E-state index contributed by atoms with van der Waals surface area (Å²) in [6.07, 6.45) is 5.86. The molecule has 0 atom stereocenters. The molecule has 5 nitrogen and oxygen atoms in total. The summed E-state index contributed by atoms with van der Waals surface area (Å²) >= 11 is 6.18. The molecular formula is C19H23ClN4O. The molecule has 1 aromatic heterocycles. The van der Waals surface area contributed by atoms with Crippen molar-refractivity contribution in [3.8, 4) is 5.75 Å². The van der Waals surface area contributed by atoms with Crippen LogP contribution in [0.2, 0.25) is 5.02 Å². The molecule has 1 saturated carbocycles. The van der Waals surface area contributed by atoms with Crippen LogP contribution >= 0.6 is 11.6 Å². The second-order valence-electron chi connectivity index (χ2n) is 6.96. The molecule has 2 heterocycles. The van der Waals surface area contributed by atoms with Crippen LogP contribution in [0, 0.1) is 0 Å². The van der Waals surface area contributed by atoms with Gasteiger partial charge < -0.3 is 15.4 Å². The summed E-state index contributed by atoms with van der Waals surface area (Å²) < 4.78 is 6.07. The van der Waals surface area contributed by atoms with Gasteiger partial charge in [0, 0.05) is 49.7 Å². The van der Waals surface area contributed by atoms with Gasteiger partial charge in [-0.05, 0) is 25.0 Å². The lowest BCUT2D eigenvalue weighted by molar-refractivity contribution is 0.171. The van der Waals surface area contributed by atoms with Crippen LogP contribution in [0.25, 0.3) is 0 Å². The van der Waals surface area contributed by atoms with Crippen molar-refractivity contribution in [2.45, 2.75) is 43.7 Å². The van der Waals surface area contributed by atoms with Gasteiger partial charge in [-0.25, -0.2) is 9.97 Å². The zero-order valence-corrected chi connectivity index (χ0v) is 14.9. The highest BCUT2D eigenvalue weighted by molar-refractivity contribution is 6.32. The molecule has 0 unspecified atom stereocenters. The first-order valence-corrected chi connectivity index (χ1v) is 9.30. The van der Waals surface area contributed by atoms with Crippen molar-refractivity contribution in [3.63, 3.8) is 0 Å². The van der Waals surface area contributed by atoms with E-state index in [0.717, 1.165) is 56.0 Å². The molecule has 132 valence electrons. The van der Waals surface area contributed by atoms with E-state index in [1.807, 2.05) is 24.3 Å². The van der Waals surface area contributed by atoms with Crippen molar-refractivity contribution in [3.05, 3.63) is 47.4 Å². The maximum Gasteiger partial charge on any atom is 0.138 e. The van der Waals surface area contributed by atoms with Gasteiger partial charge in [0.05, 0.1) is 5.02 Å². The Morgan fingerprint density at radius 3 is 2.60 bits per heavy atom. The van der Waals surface area contributed by atoms with E-state index >= 15 is 0 Å². The Morgan fingerprint density at radius 1 is 1.12 bits per heavy atom. The monoisotopic (exact) mass is 358 g/mol. The second kappa shape index (κ2) is 7.18. The molecule has 1 aliphatic heterocycles. The van der Waals surface area contributed by atoms with Crippen LogP contribution in [-0.4, -0.2) is 35.2 Å². The number of piperidine rings is 1. The molecule has 1 aliphatic carbocycles. The van der Waals surface area contributed by atoms with E-state index in [-0.39, 0.29) is 6.10 Å². The molecule has 1 aromatic carbocycles. The van der Waals surface area contributed by atoms with E-state index in [0.29, 0.717) is 17.0 Å². The van der Waals surface area contributed by atoms with Gasteiger partial charge >= 0.3 is 0 Å². The quantitative estimate of drug-likeness (QED) is 0.907. The highest BCUT2D eigenvalue weighted by Gasteiger charge is 2.29. The van der Waals surface area contributed by atoms with E-state index < -0.39 is 0 Å². The van der Waals surface area contributed by atoms with Gasteiger partial charge in [0.2, 0.25) is 0 Å². The van der Waals surface area contributed by atoms with Gasteiger partial charge in [0.1, 0.15) is 24.0 Å². The van der Waals surface area contributed by atoms with E-state index in [1.165, 1.54) is 0 Å². The van der Waals surface area contributed by atoms with Crippen LogP contribution in [-0.2, 0) is 0 Å². The minimum absolute atomic E-state index is 0.196. The summed E-state index contributed by atoms with van der Waals surface area (Å²) in [6.45, 7) is 1.85. The van der Waals surface area contributed by atoms with Crippen LogP contribution in [0.4, 0.5) is 5.82 Å². The van der Waals surface area contributed by atoms with Gasteiger partial charge in [-0.2, -0.15) is 0 Å². The Balaban J connectivity index is 1.36. The zero-order valence-electron chi connectivity index (χ0n) is 14.1. The number of nitrogens with two attached hydrogens (primary N) is 1. The largest absolute Gasteiger partial charge is 0.489 e. The minimum atomic E-state index is 0.196. The predicted octanol–water partition coefficient (Wildman–Crippen LogP) is 3.38. The van der Waals surface area contributed by atoms with Gasteiger partial charge in [-0.15, -0.1) is 0 Å². The number of hydrogen-bond donors (Lipinski definition) is 1. The summed E-state index contributed by atoms with van der Waals surface area (Å²) in [5, 5.41) is 0.670. The van der Waals surface area contributed by atoms with Gasteiger partial charge in [-0.1, -0.05) is 23.7 Å². The van der Waals surface area contributed by atoms with E-state index in [4.69, 9.17) is 22.1 Å². The highest BCUT2D eigenvalue weighted by Crippen LogP contribution is 2.35. The zero-order chi connectivity index (χ0) is 17.2. The molecule has 0 bridgehead atoms. The summed E-state index contributed by atoms with van der Waals surface area (Å²) in [4.78, 5) is 11.2. The van der Waals surface area contributed by atoms with Crippen molar-refractivity contribution in [1.82, 2.24) is 9.97 Å². The van der Waals surface area contributed by atoms with Gasteiger partial charge in [0.25, 0.3) is 0 Å². The minimum Gasteiger partial charge on any atom is -0.489 e. The normalized spacial score (nSPS) is 24.0. The lowest BCUT2D eigenvalue weighted by atomic mass is 9.78. The maximum absolute atomic E-state index is 6.18. The lowest BCUT2D eigenvalue weighted by Gasteiger charge is -2.34. The molecule has 1 saturated heterocycles. The molecule has 2 aromatic rings. The van der Waals surface area contributed by atoms with Crippen LogP contribution < -0.4 is 15.4 Å². The summed E-state index contributed by atoms with van der Waals surface area (Å²) in [6, 6.07) is 10.1. The summed E-state index contributed by atoms with van der Waals surface area (Å²) in [5.74, 6) is 2.28. The van der Waals surface area contributed by atoms with Crippen LogP contribution in [0.3, 0.4) is 0 Å². The topological polar surface area (TPSA) is 64.3 Å². The molecule has 0 spiro atoms. The van der Waals surface area contributed by atoms with Crippen molar-refractivity contribution in [2.75, 3.05) is 18.0 Å². The summed E-state index contributed by atoms with van der Waals surface area (Å²) in [5.41, 5.74) is 7.03. The fraction of sp³-hybridized carbons (Fsp3) is 0.474. The third-order valence-electron chi connectivity index (χ3n) is 5.16. The number of nitrogens with zero attached hydrogens (tertiary/aromatic N) is 3. The van der Waals surface area contributed by atoms with Crippen LogP contribution in [0.15, 0.2) is 36.7 Å². The Hall–Kier alpha value is -1.85. The number of halogens is 1. The molecular weight excluding hydrogens is 336 g/mol. The van der Waals surface area contributed by atoms with Crippen LogP contribution in [0.1, 0.15) is 37.3 Å². The number of rotatable bonds is 4. The molecule has 0 amide bonds. The Kier molecular flexibility index (Phi) is 4.77. The molecule has 25 heavy (non-hydrogen) atoms. The maximum atomic E-state index is 6.18. The first-order valence-electron chi connectivity index (χ1n) is 8.92. The SMILES string of the molecule is NC1CC(c2cc(N3CCC(Oc4ccccc4Cl)CC3)ncn2)C1. The van der Waals surface area contributed by atoms with E-state index in [1.54, 1.807) is 6.33 Å². The molecule has 2 N–H and O–H groups in total. The van der Waals surface area contributed by atoms with Crippen LogP contribution in [0.5, 0.6) is 5.75 Å². The smallest absolute Gasteiger partial charge is 0.138 e.